The largest absolute Gasteiger partial charge is 0.492 e. The van der Waals surface area contributed by atoms with Gasteiger partial charge in [0.15, 0.2) is 0 Å². The minimum absolute atomic E-state index is 0.449. The van der Waals surface area contributed by atoms with Crippen molar-refractivity contribution in [3.8, 4) is 5.75 Å². The molecule has 0 fully saturated rings. The van der Waals surface area contributed by atoms with Gasteiger partial charge < -0.3 is 10.1 Å². The molecule has 0 spiro atoms. The lowest BCUT2D eigenvalue weighted by molar-refractivity contribution is -0.139. The number of ether oxygens (including phenoxy) is 1. The second-order valence-corrected chi connectivity index (χ2v) is 4.90. The van der Waals surface area contributed by atoms with Gasteiger partial charge in [-0.2, -0.15) is 5.10 Å². The Labute approximate surface area is 134 Å². The highest BCUT2D eigenvalue weighted by molar-refractivity contribution is 6.35. The Morgan fingerprint density at radius 1 is 1.27 bits per heavy atom. The van der Waals surface area contributed by atoms with Crippen LogP contribution in [0.25, 0.3) is 0 Å². The van der Waals surface area contributed by atoms with Gasteiger partial charge in [0.2, 0.25) is 0 Å². The number of rotatable bonds is 7. The van der Waals surface area contributed by atoms with Crippen molar-refractivity contribution in [1.29, 1.82) is 0 Å². The van der Waals surface area contributed by atoms with Crippen LogP contribution in [0.3, 0.4) is 0 Å². The Morgan fingerprint density at radius 3 is 2.68 bits per heavy atom. The molecule has 0 atom stereocenters. The van der Waals surface area contributed by atoms with Crippen LogP contribution in [-0.2, 0) is 9.59 Å². The zero-order valence-corrected chi connectivity index (χ0v) is 13.4. The van der Waals surface area contributed by atoms with E-state index >= 15 is 0 Å². The molecule has 0 unspecified atom stereocenters. The van der Waals surface area contributed by atoms with Gasteiger partial charge in [0, 0.05) is 6.54 Å². The lowest BCUT2D eigenvalue weighted by Crippen LogP contribution is -2.38. The van der Waals surface area contributed by atoms with Crippen molar-refractivity contribution in [3.63, 3.8) is 0 Å². The normalized spacial score (nSPS) is 10.5. The van der Waals surface area contributed by atoms with Gasteiger partial charge in [-0.05, 0) is 36.6 Å². The van der Waals surface area contributed by atoms with Crippen LogP contribution in [0.15, 0.2) is 23.3 Å². The minimum atomic E-state index is -0.807. The van der Waals surface area contributed by atoms with Crippen molar-refractivity contribution in [1.82, 2.24) is 10.7 Å². The van der Waals surface area contributed by atoms with E-state index in [0.717, 1.165) is 12.8 Å². The first kappa shape index (κ1) is 18.0. The highest BCUT2D eigenvalue weighted by atomic mass is 35.5. The predicted molar refractivity (Wildman–Crippen MR) is 86.3 cm³/mol. The van der Waals surface area contributed by atoms with Crippen LogP contribution >= 0.6 is 11.6 Å². The van der Waals surface area contributed by atoms with Crippen LogP contribution in [0, 0.1) is 0 Å². The number of nitrogens with one attached hydrogen (secondary N) is 2. The molecule has 0 saturated heterocycles. The van der Waals surface area contributed by atoms with E-state index in [2.05, 4.69) is 15.8 Å². The third-order valence-electron chi connectivity index (χ3n) is 2.54. The smallest absolute Gasteiger partial charge is 0.329 e. The summed E-state index contributed by atoms with van der Waals surface area (Å²) in [5, 5.41) is 6.64. The lowest BCUT2D eigenvalue weighted by atomic mass is 10.2. The Bertz CT molecular complexity index is 547. The summed E-state index contributed by atoms with van der Waals surface area (Å²) in [6.07, 6.45) is 3.05. The van der Waals surface area contributed by atoms with Gasteiger partial charge in [-0.1, -0.05) is 25.4 Å². The van der Waals surface area contributed by atoms with Crippen LogP contribution in [0.1, 0.15) is 32.3 Å². The Kier molecular flexibility index (Phi) is 7.99. The summed E-state index contributed by atoms with van der Waals surface area (Å²) < 4.78 is 5.45. The average molecular weight is 326 g/mol. The lowest BCUT2D eigenvalue weighted by Gasteiger charge is -2.06. The molecule has 2 N–H and O–H groups in total. The highest BCUT2D eigenvalue weighted by Crippen LogP contribution is 2.24. The molecule has 1 aromatic rings. The van der Waals surface area contributed by atoms with Crippen molar-refractivity contribution < 1.29 is 14.3 Å². The summed E-state index contributed by atoms with van der Waals surface area (Å²) in [6.45, 7) is 4.95. The fraction of sp³-hybridized carbons (Fsp3) is 0.400. The molecular formula is C15H20ClN3O3. The van der Waals surface area contributed by atoms with Crippen molar-refractivity contribution in [2.45, 2.75) is 26.7 Å². The molecule has 120 valence electrons. The number of hydrogen-bond donors (Lipinski definition) is 2. The van der Waals surface area contributed by atoms with Gasteiger partial charge in [0.25, 0.3) is 0 Å². The van der Waals surface area contributed by atoms with Gasteiger partial charge >= 0.3 is 11.8 Å². The number of halogens is 1. The molecule has 1 aromatic carbocycles. The fourth-order valence-electron chi connectivity index (χ4n) is 1.46. The topological polar surface area (TPSA) is 79.8 Å². The third-order valence-corrected chi connectivity index (χ3v) is 2.83. The van der Waals surface area contributed by atoms with Gasteiger partial charge in [-0.3, -0.25) is 9.59 Å². The summed E-state index contributed by atoms with van der Waals surface area (Å²) in [5.41, 5.74) is 2.84. The second kappa shape index (κ2) is 9.78. The SMILES string of the molecule is CCCNC(=O)C(=O)N/N=C\c1ccc(OCCC)c(Cl)c1. The minimum Gasteiger partial charge on any atom is -0.492 e. The predicted octanol–water partition coefficient (Wildman–Crippen LogP) is 2.11. The number of carbonyl (C=O) groups excluding carboxylic acids is 2. The van der Waals surface area contributed by atoms with E-state index in [1.807, 2.05) is 13.8 Å². The monoisotopic (exact) mass is 325 g/mol. The Balaban J connectivity index is 2.54. The van der Waals surface area contributed by atoms with Gasteiger partial charge in [-0.25, -0.2) is 5.43 Å². The number of hydrogen-bond acceptors (Lipinski definition) is 4. The molecule has 0 heterocycles. The Morgan fingerprint density at radius 2 is 2.05 bits per heavy atom. The van der Waals surface area contributed by atoms with Crippen molar-refractivity contribution in [2.75, 3.05) is 13.2 Å². The van der Waals surface area contributed by atoms with Crippen LogP contribution in [-0.4, -0.2) is 31.2 Å². The van der Waals surface area contributed by atoms with Crippen LogP contribution in [0.2, 0.25) is 5.02 Å². The van der Waals surface area contributed by atoms with Crippen molar-refractivity contribution in [2.24, 2.45) is 5.10 Å². The highest BCUT2D eigenvalue weighted by Gasteiger charge is 2.10. The summed E-state index contributed by atoms with van der Waals surface area (Å²) in [7, 11) is 0. The summed E-state index contributed by atoms with van der Waals surface area (Å²) in [5.74, 6) is -0.914. The molecule has 0 bridgehead atoms. The zero-order valence-electron chi connectivity index (χ0n) is 12.7. The number of nitrogens with zero attached hydrogens (tertiary/aromatic N) is 1. The zero-order chi connectivity index (χ0) is 16.4. The second-order valence-electron chi connectivity index (χ2n) is 4.49. The fourth-order valence-corrected chi connectivity index (χ4v) is 1.71. The maximum Gasteiger partial charge on any atom is 0.329 e. The molecule has 0 aromatic heterocycles. The maximum absolute atomic E-state index is 11.4. The first-order valence-electron chi connectivity index (χ1n) is 7.12. The standard InChI is InChI=1S/C15H20ClN3O3/c1-3-7-17-14(20)15(21)19-18-10-11-5-6-13(12(16)9-11)22-8-4-2/h5-6,9-10H,3-4,7-8H2,1-2H3,(H,17,20)(H,19,21)/b18-10-. The van der Waals surface area contributed by atoms with Crippen LogP contribution in [0.4, 0.5) is 0 Å². The molecule has 2 amide bonds. The van der Waals surface area contributed by atoms with Crippen molar-refractivity contribution in [3.05, 3.63) is 28.8 Å². The molecule has 0 radical (unpaired) electrons. The number of benzene rings is 1. The quantitative estimate of drug-likeness (QED) is 0.458. The van der Waals surface area contributed by atoms with E-state index in [4.69, 9.17) is 16.3 Å². The molecule has 0 aliphatic carbocycles. The molecule has 0 saturated carbocycles. The van der Waals surface area contributed by atoms with Crippen LogP contribution < -0.4 is 15.5 Å². The molecule has 0 aliphatic rings. The molecule has 22 heavy (non-hydrogen) atoms. The summed E-state index contributed by atoms with van der Waals surface area (Å²) in [6, 6.07) is 5.15. The van der Waals surface area contributed by atoms with Crippen LogP contribution in [0.5, 0.6) is 5.75 Å². The van der Waals surface area contributed by atoms with Gasteiger partial charge in [0.05, 0.1) is 17.8 Å². The maximum atomic E-state index is 11.4. The van der Waals surface area contributed by atoms with Gasteiger partial charge in [0.1, 0.15) is 5.75 Å². The molecule has 0 aliphatic heterocycles. The van der Waals surface area contributed by atoms with Crippen molar-refractivity contribution >= 4 is 29.6 Å². The molecule has 7 heteroatoms. The van der Waals surface area contributed by atoms with E-state index in [1.54, 1.807) is 18.2 Å². The third kappa shape index (κ3) is 6.13. The average Bonchev–Trinajstić information content (AvgIpc) is 2.51. The van der Waals surface area contributed by atoms with E-state index in [-0.39, 0.29) is 0 Å². The Hall–Kier alpha value is -2.08. The number of carbonyl (C=O) groups is 2. The van der Waals surface area contributed by atoms with E-state index in [0.29, 0.717) is 29.5 Å². The van der Waals surface area contributed by atoms with E-state index in [9.17, 15) is 9.59 Å². The van der Waals surface area contributed by atoms with E-state index in [1.165, 1.54) is 6.21 Å². The summed E-state index contributed by atoms with van der Waals surface area (Å²) >= 11 is 6.08. The number of amides is 2. The van der Waals surface area contributed by atoms with E-state index < -0.39 is 11.8 Å². The molecular weight excluding hydrogens is 306 g/mol. The first-order valence-corrected chi connectivity index (χ1v) is 7.49. The summed E-state index contributed by atoms with van der Waals surface area (Å²) in [4.78, 5) is 22.7. The molecule has 1 rings (SSSR count). The molecule has 6 nitrogen and oxygen atoms in total. The van der Waals surface area contributed by atoms with Gasteiger partial charge in [-0.15, -0.1) is 0 Å². The number of hydrazone groups is 1. The first-order chi connectivity index (χ1) is 10.6.